The molecule has 5 nitrogen and oxygen atoms in total. The van der Waals surface area contributed by atoms with Gasteiger partial charge < -0.3 is 15.3 Å². The number of likely N-dealkylation sites (N-methyl/N-ethyl adjacent to an activating group) is 1. The first-order valence-corrected chi connectivity index (χ1v) is 6.98. The third-order valence-electron chi connectivity index (χ3n) is 3.42. The topological polar surface area (TPSA) is 69.6 Å². The molecule has 1 aliphatic rings. The lowest BCUT2D eigenvalue weighted by atomic mass is 10.1. The Labute approximate surface area is 124 Å². The molecular weight excluding hydrogens is 268 g/mol. The Morgan fingerprint density at radius 2 is 2.14 bits per heavy atom. The lowest BCUT2D eigenvalue weighted by Crippen LogP contribution is -2.36. The molecule has 2 rings (SSSR count). The van der Waals surface area contributed by atoms with Crippen molar-refractivity contribution in [1.82, 2.24) is 5.32 Å². The zero-order valence-electron chi connectivity index (χ0n) is 12.3. The molecule has 1 aromatic rings. The lowest BCUT2D eigenvalue weighted by Gasteiger charge is -2.19. The van der Waals surface area contributed by atoms with Crippen LogP contribution in [0.15, 0.2) is 24.3 Å². The van der Waals surface area contributed by atoms with Gasteiger partial charge in [0.1, 0.15) is 0 Å². The maximum Gasteiger partial charge on any atom is 0.328 e. The summed E-state index contributed by atoms with van der Waals surface area (Å²) in [6.07, 6.45) is 4.86. The van der Waals surface area contributed by atoms with E-state index >= 15 is 0 Å². The number of carbonyl (C=O) groups is 2. The molecule has 1 fully saturated rings. The van der Waals surface area contributed by atoms with Gasteiger partial charge >= 0.3 is 5.97 Å². The molecular formula is C16H20N2O3. The first-order chi connectivity index (χ1) is 9.95. The summed E-state index contributed by atoms with van der Waals surface area (Å²) in [4.78, 5) is 24.2. The van der Waals surface area contributed by atoms with Crippen molar-refractivity contribution in [2.75, 3.05) is 18.5 Å². The van der Waals surface area contributed by atoms with Crippen molar-refractivity contribution in [2.45, 2.75) is 25.8 Å². The minimum atomic E-state index is -0.965. The fraction of sp³-hybridized carbons (Fsp3) is 0.375. The number of amides is 1. The van der Waals surface area contributed by atoms with E-state index in [0.29, 0.717) is 12.6 Å². The van der Waals surface area contributed by atoms with Crippen LogP contribution in [0.1, 0.15) is 24.0 Å². The summed E-state index contributed by atoms with van der Waals surface area (Å²) in [5.74, 6) is -0.931. The smallest absolute Gasteiger partial charge is 0.328 e. The van der Waals surface area contributed by atoms with Crippen LogP contribution in [-0.4, -0.2) is 36.6 Å². The van der Waals surface area contributed by atoms with Gasteiger partial charge in [-0.3, -0.25) is 4.79 Å². The van der Waals surface area contributed by atoms with Gasteiger partial charge in [0.05, 0.1) is 6.54 Å². The fourth-order valence-electron chi connectivity index (χ4n) is 2.05. The van der Waals surface area contributed by atoms with Crippen molar-refractivity contribution in [3.8, 4) is 0 Å². The monoisotopic (exact) mass is 288 g/mol. The van der Waals surface area contributed by atoms with Crippen LogP contribution < -0.4 is 10.2 Å². The molecule has 21 heavy (non-hydrogen) atoms. The third-order valence-corrected chi connectivity index (χ3v) is 3.42. The van der Waals surface area contributed by atoms with Crippen LogP contribution in [0.2, 0.25) is 0 Å². The highest BCUT2D eigenvalue weighted by Gasteiger charge is 2.23. The first-order valence-electron chi connectivity index (χ1n) is 6.98. The molecule has 0 aromatic heterocycles. The molecule has 1 amide bonds. The molecule has 0 bridgehead atoms. The van der Waals surface area contributed by atoms with E-state index in [0.717, 1.165) is 35.7 Å². The average molecular weight is 288 g/mol. The van der Waals surface area contributed by atoms with Crippen LogP contribution in [0.5, 0.6) is 0 Å². The number of carboxylic acids is 1. The molecule has 2 N–H and O–H groups in total. The number of carboxylic acid groups (broad SMARTS) is 1. The molecule has 1 aliphatic carbocycles. The second-order valence-corrected chi connectivity index (χ2v) is 5.41. The van der Waals surface area contributed by atoms with Crippen LogP contribution in [0.25, 0.3) is 6.08 Å². The SMILES string of the molecule is Cc1cc(N(C)CC(=O)NC2CC2)ccc1C=CC(=O)O. The molecule has 5 heteroatoms. The standard InChI is InChI=1S/C16H20N2O3/c1-11-9-14(7-3-12(11)4-8-16(20)21)18(2)10-15(19)17-13-5-6-13/h3-4,7-9,13H,5-6,10H2,1-2H3,(H,17,19)(H,20,21). The maximum atomic E-state index is 11.8. The summed E-state index contributed by atoms with van der Waals surface area (Å²) >= 11 is 0. The fourth-order valence-corrected chi connectivity index (χ4v) is 2.05. The number of benzene rings is 1. The lowest BCUT2D eigenvalue weighted by molar-refractivity contribution is -0.131. The summed E-state index contributed by atoms with van der Waals surface area (Å²) < 4.78 is 0. The highest BCUT2D eigenvalue weighted by Crippen LogP contribution is 2.20. The molecule has 0 saturated heterocycles. The number of rotatable bonds is 6. The molecule has 0 heterocycles. The van der Waals surface area contributed by atoms with E-state index in [1.807, 2.05) is 37.1 Å². The summed E-state index contributed by atoms with van der Waals surface area (Å²) in [6.45, 7) is 2.24. The zero-order valence-corrected chi connectivity index (χ0v) is 12.3. The predicted octanol–water partition coefficient (Wildman–Crippen LogP) is 1.81. The van der Waals surface area contributed by atoms with Crippen molar-refractivity contribution in [3.05, 3.63) is 35.4 Å². The number of nitrogens with zero attached hydrogens (tertiary/aromatic N) is 1. The number of nitrogens with one attached hydrogen (secondary N) is 1. The van der Waals surface area contributed by atoms with Gasteiger partial charge in [0.25, 0.3) is 0 Å². The number of aryl methyl sites for hydroxylation is 1. The summed E-state index contributed by atoms with van der Waals surface area (Å²) in [7, 11) is 1.87. The number of hydrogen-bond donors (Lipinski definition) is 2. The quantitative estimate of drug-likeness (QED) is 0.783. The van der Waals surface area contributed by atoms with E-state index in [-0.39, 0.29) is 5.91 Å². The van der Waals surface area contributed by atoms with Gasteiger partial charge in [-0.1, -0.05) is 6.07 Å². The van der Waals surface area contributed by atoms with Gasteiger partial charge in [0.2, 0.25) is 5.91 Å². The molecule has 0 atom stereocenters. The highest BCUT2D eigenvalue weighted by atomic mass is 16.4. The van der Waals surface area contributed by atoms with E-state index in [1.54, 1.807) is 6.08 Å². The molecule has 0 unspecified atom stereocenters. The van der Waals surface area contributed by atoms with Gasteiger partial charge in [-0.2, -0.15) is 0 Å². The van der Waals surface area contributed by atoms with Crippen molar-refractivity contribution >= 4 is 23.6 Å². The van der Waals surface area contributed by atoms with Crippen molar-refractivity contribution < 1.29 is 14.7 Å². The van der Waals surface area contributed by atoms with Crippen LogP contribution in [0, 0.1) is 6.92 Å². The van der Waals surface area contributed by atoms with Gasteiger partial charge in [0.15, 0.2) is 0 Å². The maximum absolute atomic E-state index is 11.8. The Morgan fingerprint density at radius 1 is 1.43 bits per heavy atom. The van der Waals surface area contributed by atoms with Gasteiger partial charge in [-0.05, 0) is 49.1 Å². The van der Waals surface area contributed by atoms with Gasteiger partial charge in [-0.15, -0.1) is 0 Å². The number of aliphatic carboxylic acids is 1. The van der Waals surface area contributed by atoms with Gasteiger partial charge in [0, 0.05) is 24.9 Å². The highest BCUT2D eigenvalue weighted by molar-refractivity contribution is 5.86. The van der Waals surface area contributed by atoms with Crippen molar-refractivity contribution in [3.63, 3.8) is 0 Å². The van der Waals surface area contributed by atoms with Crippen molar-refractivity contribution in [2.24, 2.45) is 0 Å². The van der Waals surface area contributed by atoms with E-state index in [4.69, 9.17) is 5.11 Å². The predicted molar refractivity (Wildman–Crippen MR) is 82.3 cm³/mol. The second kappa shape index (κ2) is 6.43. The van der Waals surface area contributed by atoms with E-state index in [2.05, 4.69) is 5.32 Å². The van der Waals surface area contributed by atoms with Crippen LogP contribution in [-0.2, 0) is 9.59 Å². The molecule has 1 saturated carbocycles. The molecule has 0 aliphatic heterocycles. The Morgan fingerprint density at radius 3 is 2.71 bits per heavy atom. The second-order valence-electron chi connectivity index (χ2n) is 5.41. The Bertz CT molecular complexity index is 577. The van der Waals surface area contributed by atoms with Gasteiger partial charge in [-0.25, -0.2) is 4.79 Å². The molecule has 1 aromatic carbocycles. The largest absolute Gasteiger partial charge is 0.478 e. The number of anilines is 1. The minimum Gasteiger partial charge on any atom is -0.478 e. The summed E-state index contributed by atoms with van der Waals surface area (Å²) in [5, 5.41) is 11.6. The molecule has 0 radical (unpaired) electrons. The van der Waals surface area contributed by atoms with Crippen LogP contribution in [0.3, 0.4) is 0 Å². The van der Waals surface area contributed by atoms with Crippen molar-refractivity contribution in [1.29, 1.82) is 0 Å². The van der Waals surface area contributed by atoms with E-state index in [9.17, 15) is 9.59 Å². The number of carbonyl (C=O) groups excluding carboxylic acids is 1. The molecule has 0 spiro atoms. The van der Waals surface area contributed by atoms with Crippen LogP contribution >= 0.6 is 0 Å². The third kappa shape index (κ3) is 4.63. The Balaban J connectivity index is 2.00. The molecule has 112 valence electrons. The Kier molecular flexibility index (Phi) is 4.62. The zero-order chi connectivity index (χ0) is 15.4. The van der Waals surface area contributed by atoms with Crippen LogP contribution in [0.4, 0.5) is 5.69 Å². The first kappa shape index (κ1) is 15.1. The Hall–Kier alpha value is -2.30. The summed E-state index contributed by atoms with van der Waals surface area (Å²) in [5.41, 5.74) is 2.77. The summed E-state index contributed by atoms with van der Waals surface area (Å²) in [6, 6.07) is 6.07. The number of hydrogen-bond acceptors (Lipinski definition) is 3. The average Bonchev–Trinajstić information content (AvgIpc) is 3.20. The van der Waals surface area contributed by atoms with E-state index < -0.39 is 5.97 Å². The minimum absolute atomic E-state index is 0.0347. The van der Waals surface area contributed by atoms with E-state index in [1.165, 1.54) is 0 Å². The normalized spacial score (nSPS) is 14.2.